The van der Waals surface area contributed by atoms with Gasteiger partial charge in [0.1, 0.15) is 12.7 Å². The molecule has 0 spiro atoms. The molecule has 6 heteroatoms. The number of para-hydroxylation sites is 1. The minimum Gasteiger partial charge on any atom is -0.493 e. The summed E-state index contributed by atoms with van der Waals surface area (Å²) < 4.78 is 12.0. The van der Waals surface area contributed by atoms with Gasteiger partial charge in [0.05, 0.1) is 20.4 Å². The zero-order chi connectivity index (χ0) is 12.1. The van der Waals surface area contributed by atoms with Crippen LogP contribution in [0.5, 0.6) is 11.5 Å². The van der Waals surface area contributed by atoms with Crippen molar-refractivity contribution >= 4 is 6.21 Å². The highest BCUT2D eigenvalue weighted by Crippen LogP contribution is 2.29. The first-order valence-corrected chi connectivity index (χ1v) is 4.95. The number of hydrogen-bond donors (Lipinski definition) is 0. The van der Waals surface area contributed by atoms with Crippen LogP contribution in [-0.4, -0.2) is 35.3 Å². The highest BCUT2D eigenvalue weighted by atomic mass is 16.5. The molecule has 0 aliphatic rings. The fourth-order valence-electron chi connectivity index (χ4n) is 1.40. The summed E-state index contributed by atoms with van der Waals surface area (Å²) in [5.41, 5.74) is 0.820. The van der Waals surface area contributed by atoms with E-state index in [9.17, 15) is 0 Å². The number of nitrogens with zero attached hydrogens (tertiary/aromatic N) is 4. The van der Waals surface area contributed by atoms with Gasteiger partial charge >= 0.3 is 0 Å². The number of benzene rings is 1. The lowest BCUT2D eigenvalue weighted by atomic mass is 10.2. The largest absolute Gasteiger partial charge is 0.493 e. The molecule has 1 aromatic heterocycles. The Labute approximate surface area is 98.5 Å². The molecule has 88 valence electrons. The Bertz CT molecular complexity index is 508. The summed E-state index contributed by atoms with van der Waals surface area (Å²) in [6.45, 7) is 0. The fraction of sp³-hybridized carbons (Fsp3) is 0.182. The van der Waals surface area contributed by atoms with Gasteiger partial charge < -0.3 is 9.47 Å². The van der Waals surface area contributed by atoms with Crippen LogP contribution in [0.1, 0.15) is 5.56 Å². The quantitative estimate of drug-likeness (QED) is 0.742. The Morgan fingerprint density at radius 1 is 1.18 bits per heavy atom. The van der Waals surface area contributed by atoms with Crippen molar-refractivity contribution in [2.75, 3.05) is 14.2 Å². The zero-order valence-corrected chi connectivity index (χ0v) is 9.57. The number of aromatic nitrogens is 3. The van der Waals surface area contributed by atoms with Gasteiger partial charge in [0.25, 0.3) is 0 Å². The average Bonchev–Trinajstić information content (AvgIpc) is 2.88. The second kappa shape index (κ2) is 5.11. The van der Waals surface area contributed by atoms with Gasteiger partial charge in [-0.1, -0.05) is 6.07 Å². The van der Waals surface area contributed by atoms with Gasteiger partial charge in [-0.15, -0.1) is 10.2 Å². The lowest BCUT2D eigenvalue weighted by Crippen LogP contribution is -1.96. The lowest BCUT2D eigenvalue weighted by Gasteiger charge is -2.09. The maximum absolute atomic E-state index is 5.28. The van der Waals surface area contributed by atoms with Crippen LogP contribution in [0.3, 0.4) is 0 Å². The Morgan fingerprint density at radius 3 is 2.59 bits per heavy atom. The first kappa shape index (κ1) is 11.1. The summed E-state index contributed by atoms with van der Waals surface area (Å²) in [4.78, 5) is 0. The third-order valence-corrected chi connectivity index (χ3v) is 2.17. The van der Waals surface area contributed by atoms with Gasteiger partial charge in [-0.25, -0.2) is 4.68 Å². The van der Waals surface area contributed by atoms with E-state index in [4.69, 9.17) is 9.47 Å². The molecule has 0 saturated heterocycles. The maximum atomic E-state index is 5.28. The number of ether oxygens (including phenoxy) is 2. The highest BCUT2D eigenvalue weighted by molar-refractivity contribution is 5.84. The Hall–Kier alpha value is -2.37. The van der Waals surface area contributed by atoms with Crippen molar-refractivity contribution in [2.45, 2.75) is 0 Å². The molecule has 0 fully saturated rings. The summed E-state index contributed by atoms with van der Waals surface area (Å²) in [6.07, 6.45) is 4.66. The molecule has 0 bridgehead atoms. The first-order valence-electron chi connectivity index (χ1n) is 4.95. The molecule has 0 radical (unpaired) electrons. The first-order chi connectivity index (χ1) is 8.35. The van der Waals surface area contributed by atoms with Gasteiger partial charge in [-0.3, -0.25) is 0 Å². The highest BCUT2D eigenvalue weighted by Gasteiger charge is 2.06. The SMILES string of the molecule is COc1cccc(/C=N\n2cnnc2)c1OC. The smallest absolute Gasteiger partial charge is 0.169 e. The van der Waals surface area contributed by atoms with Crippen molar-refractivity contribution in [1.82, 2.24) is 14.9 Å². The molecule has 0 unspecified atom stereocenters. The molecule has 17 heavy (non-hydrogen) atoms. The Kier molecular flexibility index (Phi) is 3.34. The monoisotopic (exact) mass is 232 g/mol. The molecular formula is C11H12N4O2. The van der Waals surface area contributed by atoms with Crippen LogP contribution in [-0.2, 0) is 0 Å². The Morgan fingerprint density at radius 2 is 1.94 bits per heavy atom. The maximum Gasteiger partial charge on any atom is 0.169 e. The molecule has 6 nitrogen and oxygen atoms in total. The lowest BCUT2D eigenvalue weighted by molar-refractivity contribution is 0.354. The minimum atomic E-state index is 0.645. The normalized spacial score (nSPS) is 10.7. The van der Waals surface area contributed by atoms with Crippen molar-refractivity contribution in [3.8, 4) is 11.5 Å². The molecule has 0 amide bonds. The molecule has 1 heterocycles. The van der Waals surface area contributed by atoms with Gasteiger partial charge in [-0.05, 0) is 12.1 Å². The molecule has 0 aliphatic carbocycles. The molecule has 1 aromatic carbocycles. The van der Waals surface area contributed by atoms with Crippen molar-refractivity contribution < 1.29 is 9.47 Å². The third kappa shape index (κ3) is 2.41. The number of hydrogen-bond acceptors (Lipinski definition) is 5. The van der Waals surface area contributed by atoms with E-state index in [1.165, 1.54) is 17.3 Å². The van der Waals surface area contributed by atoms with Crippen LogP contribution >= 0.6 is 0 Å². The Balaban J connectivity index is 2.32. The van der Waals surface area contributed by atoms with E-state index in [1.54, 1.807) is 20.4 Å². The predicted octanol–water partition coefficient (Wildman–Crippen LogP) is 1.18. The fourth-order valence-corrected chi connectivity index (χ4v) is 1.40. The van der Waals surface area contributed by atoms with Gasteiger partial charge in [0, 0.05) is 5.56 Å². The van der Waals surface area contributed by atoms with Crippen molar-refractivity contribution in [1.29, 1.82) is 0 Å². The summed E-state index contributed by atoms with van der Waals surface area (Å²) in [5, 5.41) is 11.5. The molecule has 0 aliphatic heterocycles. The second-order valence-electron chi connectivity index (χ2n) is 3.17. The van der Waals surface area contributed by atoms with Crippen LogP contribution in [0.25, 0.3) is 0 Å². The summed E-state index contributed by atoms with van der Waals surface area (Å²) >= 11 is 0. The van der Waals surface area contributed by atoms with E-state index in [0.29, 0.717) is 11.5 Å². The number of rotatable bonds is 4. The molecular weight excluding hydrogens is 220 g/mol. The van der Waals surface area contributed by atoms with E-state index >= 15 is 0 Å². The van der Waals surface area contributed by atoms with Crippen molar-refractivity contribution in [2.24, 2.45) is 5.10 Å². The van der Waals surface area contributed by atoms with E-state index in [1.807, 2.05) is 18.2 Å². The van der Waals surface area contributed by atoms with Crippen molar-refractivity contribution in [3.05, 3.63) is 36.4 Å². The second-order valence-corrected chi connectivity index (χ2v) is 3.17. The zero-order valence-electron chi connectivity index (χ0n) is 9.57. The molecule has 2 rings (SSSR count). The topological polar surface area (TPSA) is 61.5 Å². The van der Waals surface area contributed by atoms with E-state index in [-0.39, 0.29) is 0 Å². The average molecular weight is 232 g/mol. The van der Waals surface area contributed by atoms with Crippen LogP contribution in [0, 0.1) is 0 Å². The van der Waals surface area contributed by atoms with Gasteiger partial charge in [-0.2, -0.15) is 5.10 Å². The van der Waals surface area contributed by atoms with Crippen molar-refractivity contribution in [3.63, 3.8) is 0 Å². The molecule has 0 N–H and O–H groups in total. The van der Waals surface area contributed by atoms with Crippen LogP contribution in [0.2, 0.25) is 0 Å². The third-order valence-electron chi connectivity index (χ3n) is 2.17. The minimum absolute atomic E-state index is 0.645. The van der Waals surface area contributed by atoms with Crippen LogP contribution < -0.4 is 9.47 Å². The van der Waals surface area contributed by atoms with Crippen LogP contribution in [0.4, 0.5) is 0 Å². The van der Waals surface area contributed by atoms with Gasteiger partial charge in [0.2, 0.25) is 0 Å². The van der Waals surface area contributed by atoms with E-state index in [2.05, 4.69) is 15.3 Å². The number of methoxy groups -OCH3 is 2. The summed E-state index contributed by atoms with van der Waals surface area (Å²) in [7, 11) is 3.19. The predicted molar refractivity (Wildman–Crippen MR) is 62.6 cm³/mol. The summed E-state index contributed by atoms with van der Waals surface area (Å²) in [6, 6.07) is 5.58. The molecule has 2 aromatic rings. The van der Waals surface area contributed by atoms with Crippen LogP contribution in [0.15, 0.2) is 36.0 Å². The summed E-state index contributed by atoms with van der Waals surface area (Å²) in [5.74, 6) is 1.31. The van der Waals surface area contributed by atoms with E-state index in [0.717, 1.165) is 5.56 Å². The molecule has 0 saturated carbocycles. The molecule has 0 atom stereocenters. The standard InChI is InChI=1S/C11H12N4O2/c1-16-10-5-3-4-9(11(10)17-2)6-14-15-7-12-13-8-15/h3-8H,1-2H3/b14-6-. The van der Waals surface area contributed by atoms with Gasteiger partial charge in [0.15, 0.2) is 11.5 Å². The van der Waals surface area contributed by atoms with E-state index < -0.39 is 0 Å².